The third-order valence-corrected chi connectivity index (χ3v) is 4.68. The molecule has 5 nitrogen and oxygen atoms in total. The molecule has 1 aliphatic carbocycles. The number of carbonyl (C=O) groups excluding carboxylic acids is 1. The van der Waals surface area contributed by atoms with Crippen LogP contribution < -0.4 is 0 Å². The highest BCUT2D eigenvalue weighted by Gasteiger charge is 2.25. The fourth-order valence-electron chi connectivity index (χ4n) is 3.41. The number of hydrogen-bond donors (Lipinski definition) is 1. The molecule has 5 heteroatoms. The Morgan fingerprint density at radius 3 is 2.19 bits per heavy atom. The zero-order valence-corrected chi connectivity index (χ0v) is 12.8. The molecule has 0 unspecified atom stereocenters. The third-order valence-electron chi connectivity index (χ3n) is 4.68. The molecule has 0 atom stereocenters. The first kappa shape index (κ1) is 16.3. The topological polar surface area (TPSA) is 66.8 Å². The van der Waals surface area contributed by atoms with Gasteiger partial charge in [-0.25, -0.2) is 4.79 Å². The molecular weight excluding hydrogens is 270 g/mol. The molecule has 0 aromatic heterocycles. The van der Waals surface area contributed by atoms with Crippen LogP contribution >= 0.6 is 0 Å². The summed E-state index contributed by atoms with van der Waals surface area (Å²) in [6.07, 6.45) is 9.75. The van der Waals surface area contributed by atoms with Crippen molar-refractivity contribution in [2.75, 3.05) is 19.7 Å². The van der Waals surface area contributed by atoms with Crippen LogP contribution in [0.2, 0.25) is 0 Å². The number of aliphatic carboxylic acids is 1. The Hall–Kier alpha value is -1.10. The van der Waals surface area contributed by atoms with Gasteiger partial charge in [0.15, 0.2) is 0 Å². The lowest BCUT2D eigenvalue weighted by atomic mass is 9.95. The highest BCUT2D eigenvalue weighted by atomic mass is 16.5. The average Bonchev–Trinajstić information content (AvgIpc) is 2.74. The number of carboxylic acid groups (broad SMARTS) is 1. The molecule has 1 heterocycles. The second kappa shape index (κ2) is 8.37. The van der Waals surface area contributed by atoms with Gasteiger partial charge in [0.1, 0.15) is 6.61 Å². The van der Waals surface area contributed by atoms with Crippen LogP contribution in [0.15, 0.2) is 0 Å². The smallest absolute Gasteiger partial charge is 0.329 e. The van der Waals surface area contributed by atoms with E-state index in [-0.39, 0.29) is 18.6 Å². The van der Waals surface area contributed by atoms with Crippen molar-refractivity contribution < 1.29 is 19.4 Å². The Kier molecular flexibility index (Phi) is 6.49. The lowest BCUT2D eigenvalue weighted by molar-refractivity contribution is -0.147. The van der Waals surface area contributed by atoms with Crippen molar-refractivity contribution in [3.8, 4) is 0 Å². The van der Waals surface area contributed by atoms with Gasteiger partial charge in [0, 0.05) is 19.5 Å². The Balaban J connectivity index is 1.68. The van der Waals surface area contributed by atoms with Crippen LogP contribution in [-0.4, -0.2) is 47.7 Å². The Morgan fingerprint density at radius 2 is 1.62 bits per heavy atom. The minimum absolute atomic E-state index is 0.0111. The van der Waals surface area contributed by atoms with Crippen molar-refractivity contribution in [3.05, 3.63) is 0 Å². The van der Waals surface area contributed by atoms with E-state index in [0.717, 1.165) is 12.8 Å². The predicted molar refractivity (Wildman–Crippen MR) is 79.0 cm³/mol. The van der Waals surface area contributed by atoms with Crippen LogP contribution in [0.1, 0.15) is 57.8 Å². The van der Waals surface area contributed by atoms with Gasteiger partial charge in [0.25, 0.3) is 0 Å². The summed E-state index contributed by atoms with van der Waals surface area (Å²) in [4.78, 5) is 24.8. The number of nitrogens with zero attached hydrogens (tertiary/aromatic N) is 1. The summed E-state index contributed by atoms with van der Waals surface area (Å²) in [5.74, 6) is -0.0820. The molecule has 21 heavy (non-hydrogen) atoms. The van der Waals surface area contributed by atoms with Crippen molar-refractivity contribution in [2.24, 2.45) is 5.92 Å². The van der Waals surface area contributed by atoms with E-state index in [1.807, 2.05) is 4.90 Å². The first-order chi connectivity index (χ1) is 10.1. The van der Waals surface area contributed by atoms with E-state index in [9.17, 15) is 9.59 Å². The number of carbonyl (C=O) groups is 2. The maximum Gasteiger partial charge on any atom is 0.329 e. The lowest BCUT2D eigenvalue weighted by Crippen LogP contribution is -2.41. The van der Waals surface area contributed by atoms with E-state index >= 15 is 0 Å². The maximum atomic E-state index is 12.3. The molecule has 1 N–H and O–H groups in total. The summed E-state index contributed by atoms with van der Waals surface area (Å²) in [6.45, 7) is 1.17. The molecule has 1 saturated carbocycles. The van der Waals surface area contributed by atoms with Gasteiger partial charge >= 0.3 is 5.97 Å². The van der Waals surface area contributed by atoms with E-state index < -0.39 is 5.97 Å². The normalized spacial score (nSPS) is 22.0. The molecule has 2 fully saturated rings. The summed E-state index contributed by atoms with van der Waals surface area (Å²) in [5, 5.41) is 8.60. The molecule has 0 spiro atoms. The molecule has 2 aliphatic rings. The number of piperidine rings is 1. The fourth-order valence-corrected chi connectivity index (χ4v) is 3.41. The number of ether oxygens (including phenoxy) is 1. The van der Waals surface area contributed by atoms with Crippen LogP contribution in [0, 0.1) is 5.92 Å². The second-order valence-corrected chi connectivity index (χ2v) is 6.35. The Morgan fingerprint density at radius 1 is 1.00 bits per heavy atom. The Labute approximate surface area is 126 Å². The van der Waals surface area contributed by atoms with Crippen LogP contribution in [0.4, 0.5) is 0 Å². The lowest BCUT2D eigenvalue weighted by Gasteiger charge is -2.32. The first-order valence-electron chi connectivity index (χ1n) is 8.26. The van der Waals surface area contributed by atoms with Crippen LogP contribution in [0.25, 0.3) is 0 Å². The van der Waals surface area contributed by atoms with Crippen LogP contribution in [-0.2, 0) is 14.3 Å². The molecule has 1 aliphatic heterocycles. The van der Waals surface area contributed by atoms with Crippen LogP contribution in [0.3, 0.4) is 0 Å². The van der Waals surface area contributed by atoms with E-state index in [1.54, 1.807) is 0 Å². The monoisotopic (exact) mass is 297 g/mol. The van der Waals surface area contributed by atoms with Gasteiger partial charge in [0.2, 0.25) is 5.91 Å². The van der Waals surface area contributed by atoms with Crippen molar-refractivity contribution in [1.29, 1.82) is 0 Å². The van der Waals surface area contributed by atoms with Gasteiger partial charge in [-0.2, -0.15) is 0 Å². The summed E-state index contributed by atoms with van der Waals surface area (Å²) in [6, 6.07) is 0. The zero-order valence-electron chi connectivity index (χ0n) is 12.8. The van der Waals surface area contributed by atoms with Crippen molar-refractivity contribution in [1.82, 2.24) is 4.90 Å². The minimum atomic E-state index is -0.929. The molecule has 0 aromatic rings. The largest absolute Gasteiger partial charge is 0.480 e. The maximum absolute atomic E-state index is 12.3. The first-order valence-corrected chi connectivity index (χ1v) is 8.26. The van der Waals surface area contributed by atoms with E-state index in [2.05, 4.69) is 0 Å². The quantitative estimate of drug-likeness (QED) is 0.791. The molecule has 1 amide bonds. The fraction of sp³-hybridized carbons (Fsp3) is 0.875. The summed E-state index contributed by atoms with van der Waals surface area (Å²) < 4.78 is 5.30. The van der Waals surface area contributed by atoms with Gasteiger partial charge in [-0.05, 0) is 31.6 Å². The van der Waals surface area contributed by atoms with Crippen molar-refractivity contribution in [2.45, 2.75) is 63.9 Å². The summed E-state index contributed by atoms with van der Waals surface area (Å²) >= 11 is 0. The SMILES string of the molecule is O=C(O)COC1CCN(C(=O)CC2CCCCCC2)CC1. The van der Waals surface area contributed by atoms with Gasteiger partial charge < -0.3 is 14.7 Å². The molecule has 0 aromatic carbocycles. The number of carboxylic acids is 1. The number of hydrogen-bond acceptors (Lipinski definition) is 3. The van der Waals surface area contributed by atoms with Crippen molar-refractivity contribution >= 4 is 11.9 Å². The number of rotatable bonds is 5. The highest BCUT2D eigenvalue weighted by Crippen LogP contribution is 2.26. The molecule has 1 saturated heterocycles. The second-order valence-electron chi connectivity index (χ2n) is 6.35. The summed E-state index contributed by atoms with van der Waals surface area (Å²) in [7, 11) is 0. The number of likely N-dealkylation sites (tertiary alicyclic amines) is 1. The van der Waals surface area contributed by atoms with E-state index in [0.29, 0.717) is 25.4 Å². The van der Waals surface area contributed by atoms with E-state index in [4.69, 9.17) is 9.84 Å². The molecule has 2 rings (SSSR count). The molecule has 120 valence electrons. The third kappa shape index (κ3) is 5.65. The van der Waals surface area contributed by atoms with Gasteiger partial charge in [0.05, 0.1) is 6.10 Å². The van der Waals surface area contributed by atoms with Crippen molar-refractivity contribution in [3.63, 3.8) is 0 Å². The number of amides is 1. The van der Waals surface area contributed by atoms with Gasteiger partial charge in [-0.1, -0.05) is 25.7 Å². The van der Waals surface area contributed by atoms with Gasteiger partial charge in [-0.3, -0.25) is 4.79 Å². The highest BCUT2D eigenvalue weighted by molar-refractivity contribution is 5.76. The van der Waals surface area contributed by atoms with Gasteiger partial charge in [-0.15, -0.1) is 0 Å². The summed E-state index contributed by atoms with van der Waals surface area (Å²) in [5.41, 5.74) is 0. The van der Waals surface area contributed by atoms with E-state index in [1.165, 1.54) is 38.5 Å². The average molecular weight is 297 g/mol. The molecular formula is C16H27NO4. The zero-order chi connectivity index (χ0) is 15.1. The minimum Gasteiger partial charge on any atom is -0.480 e. The predicted octanol–water partition coefficient (Wildman–Crippen LogP) is 2.44. The molecule has 0 radical (unpaired) electrons. The Bertz CT molecular complexity index is 342. The molecule has 0 bridgehead atoms. The van der Waals surface area contributed by atoms with Crippen LogP contribution in [0.5, 0.6) is 0 Å². The standard InChI is InChI=1S/C16H27NO4/c18-15(11-13-5-3-1-2-4-6-13)17-9-7-14(8-10-17)21-12-16(19)20/h13-14H,1-12H2,(H,19,20).